The number of amides is 1. The van der Waals surface area contributed by atoms with Gasteiger partial charge in [0.15, 0.2) is 5.78 Å². The zero-order valence-corrected chi connectivity index (χ0v) is 15.8. The van der Waals surface area contributed by atoms with Crippen LogP contribution in [0.4, 0.5) is 5.69 Å². The zero-order valence-electron chi connectivity index (χ0n) is 15.8. The summed E-state index contributed by atoms with van der Waals surface area (Å²) >= 11 is 0. The van der Waals surface area contributed by atoms with E-state index in [1.54, 1.807) is 49.7 Å². The van der Waals surface area contributed by atoms with Crippen LogP contribution in [0.5, 0.6) is 5.75 Å². The van der Waals surface area contributed by atoms with E-state index in [1.165, 1.54) is 0 Å². The van der Waals surface area contributed by atoms with Crippen LogP contribution in [0.15, 0.2) is 85.1 Å². The Kier molecular flexibility index (Phi) is 5.03. The number of hydrogen-bond donors (Lipinski definition) is 1. The maximum absolute atomic E-state index is 12.6. The molecular formula is C24H18N2O3. The summed E-state index contributed by atoms with van der Waals surface area (Å²) in [5, 5.41) is 3.74. The van der Waals surface area contributed by atoms with E-state index in [9.17, 15) is 9.59 Å². The first kappa shape index (κ1) is 18.4. The third-order valence-corrected chi connectivity index (χ3v) is 4.59. The number of carbonyl (C=O) groups is 2. The van der Waals surface area contributed by atoms with E-state index in [0.29, 0.717) is 22.4 Å². The summed E-state index contributed by atoms with van der Waals surface area (Å²) < 4.78 is 5.20. The lowest BCUT2D eigenvalue weighted by Crippen LogP contribution is -2.12. The van der Waals surface area contributed by atoms with Gasteiger partial charge in [0.05, 0.1) is 24.5 Å². The van der Waals surface area contributed by atoms with Crippen molar-refractivity contribution in [3.05, 3.63) is 102 Å². The van der Waals surface area contributed by atoms with Gasteiger partial charge in [0.1, 0.15) is 5.75 Å². The summed E-state index contributed by atoms with van der Waals surface area (Å²) in [4.78, 5) is 29.4. The average molecular weight is 382 g/mol. The third-order valence-electron chi connectivity index (χ3n) is 4.59. The number of nitrogens with zero attached hydrogens (tertiary/aromatic N) is 1. The van der Waals surface area contributed by atoms with E-state index >= 15 is 0 Å². The number of methoxy groups -OCH3 is 1. The zero-order chi connectivity index (χ0) is 20.2. The van der Waals surface area contributed by atoms with Crippen molar-refractivity contribution >= 4 is 28.3 Å². The summed E-state index contributed by atoms with van der Waals surface area (Å²) in [5.41, 5.74) is 2.99. The lowest BCUT2D eigenvalue weighted by Gasteiger charge is -2.08. The van der Waals surface area contributed by atoms with E-state index in [-0.39, 0.29) is 11.7 Å². The number of anilines is 1. The van der Waals surface area contributed by atoms with Crippen molar-refractivity contribution in [1.82, 2.24) is 4.98 Å². The lowest BCUT2D eigenvalue weighted by molar-refractivity contribution is 0.102. The predicted molar refractivity (Wildman–Crippen MR) is 113 cm³/mol. The van der Waals surface area contributed by atoms with Gasteiger partial charge < -0.3 is 10.1 Å². The quantitative estimate of drug-likeness (QED) is 0.507. The molecule has 1 aromatic heterocycles. The van der Waals surface area contributed by atoms with Crippen LogP contribution in [-0.4, -0.2) is 23.8 Å². The van der Waals surface area contributed by atoms with Crippen LogP contribution in [0.25, 0.3) is 10.9 Å². The average Bonchev–Trinajstić information content (AvgIpc) is 2.79. The number of aromatic nitrogens is 1. The Morgan fingerprint density at radius 3 is 2.24 bits per heavy atom. The van der Waals surface area contributed by atoms with E-state index in [2.05, 4.69) is 10.3 Å². The molecule has 0 atom stereocenters. The van der Waals surface area contributed by atoms with Gasteiger partial charge >= 0.3 is 0 Å². The van der Waals surface area contributed by atoms with Crippen molar-refractivity contribution < 1.29 is 14.3 Å². The number of nitrogens with one attached hydrogen (secondary N) is 1. The molecule has 0 saturated heterocycles. The number of rotatable bonds is 5. The molecule has 29 heavy (non-hydrogen) atoms. The number of benzene rings is 3. The highest BCUT2D eigenvalue weighted by Gasteiger charge is 2.11. The first-order chi connectivity index (χ1) is 14.1. The van der Waals surface area contributed by atoms with Crippen molar-refractivity contribution in [1.29, 1.82) is 0 Å². The van der Waals surface area contributed by atoms with Crippen molar-refractivity contribution in [3.8, 4) is 5.75 Å². The molecule has 0 spiro atoms. The fraction of sp³-hybridized carbons (Fsp3) is 0.0417. The Labute approximate surface area is 168 Å². The largest absolute Gasteiger partial charge is 0.497 e. The number of fused-ring (bicyclic) bond motifs is 1. The monoisotopic (exact) mass is 382 g/mol. The van der Waals surface area contributed by atoms with Crippen molar-refractivity contribution in [2.75, 3.05) is 12.4 Å². The van der Waals surface area contributed by atoms with Crippen molar-refractivity contribution in [3.63, 3.8) is 0 Å². The van der Waals surface area contributed by atoms with Gasteiger partial charge in [-0.3, -0.25) is 14.6 Å². The number of carbonyl (C=O) groups excluding carboxylic acids is 2. The molecule has 4 aromatic rings. The smallest absolute Gasteiger partial charge is 0.255 e. The predicted octanol–water partition coefficient (Wildman–Crippen LogP) is 4.73. The highest BCUT2D eigenvalue weighted by molar-refractivity contribution is 6.10. The number of pyridine rings is 1. The van der Waals surface area contributed by atoms with Crippen LogP contribution in [0, 0.1) is 0 Å². The Morgan fingerprint density at radius 2 is 1.52 bits per heavy atom. The first-order valence-corrected chi connectivity index (χ1v) is 9.09. The lowest BCUT2D eigenvalue weighted by atomic mass is 10.0. The Morgan fingerprint density at radius 1 is 0.828 bits per heavy atom. The fourth-order valence-corrected chi connectivity index (χ4v) is 3.03. The molecule has 142 valence electrons. The first-order valence-electron chi connectivity index (χ1n) is 9.09. The van der Waals surface area contributed by atoms with Gasteiger partial charge in [0.25, 0.3) is 5.91 Å². The normalized spacial score (nSPS) is 10.5. The van der Waals surface area contributed by atoms with Crippen molar-refractivity contribution in [2.24, 2.45) is 0 Å². The molecule has 0 aliphatic rings. The van der Waals surface area contributed by atoms with Crippen LogP contribution in [-0.2, 0) is 0 Å². The van der Waals surface area contributed by atoms with E-state index in [4.69, 9.17) is 4.74 Å². The molecule has 0 saturated carbocycles. The minimum Gasteiger partial charge on any atom is -0.497 e. The molecule has 5 heteroatoms. The standard InChI is InChI=1S/C24H18N2O3/c1-29-21-12-11-19-13-20(15-25-22(19)14-21)26-24(28)18-9-7-17(8-10-18)23(27)16-5-3-2-4-6-16/h2-15H,1H3,(H,26,28). The summed E-state index contributed by atoms with van der Waals surface area (Å²) in [7, 11) is 1.61. The van der Waals surface area contributed by atoms with Crippen LogP contribution in [0.3, 0.4) is 0 Å². The van der Waals surface area contributed by atoms with Gasteiger partial charge in [-0.25, -0.2) is 0 Å². The highest BCUT2D eigenvalue weighted by atomic mass is 16.5. The molecule has 0 aliphatic heterocycles. The van der Waals surface area contributed by atoms with Gasteiger partial charge in [-0.05, 0) is 30.3 Å². The number of ether oxygens (including phenoxy) is 1. The van der Waals surface area contributed by atoms with Gasteiger partial charge in [-0.2, -0.15) is 0 Å². The molecule has 0 aliphatic carbocycles. The van der Waals surface area contributed by atoms with Crippen LogP contribution >= 0.6 is 0 Å². The molecule has 1 heterocycles. The van der Waals surface area contributed by atoms with Crippen LogP contribution in [0.1, 0.15) is 26.3 Å². The van der Waals surface area contributed by atoms with E-state index in [1.807, 2.05) is 42.5 Å². The molecule has 5 nitrogen and oxygen atoms in total. The summed E-state index contributed by atoms with van der Waals surface area (Å²) in [6, 6.07) is 23.1. The highest BCUT2D eigenvalue weighted by Crippen LogP contribution is 2.22. The van der Waals surface area contributed by atoms with Gasteiger partial charge in [-0.15, -0.1) is 0 Å². The molecule has 0 unspecified atom stereocenters. The molecule has 0 fully saturated rings. The summed E-state index contributed by atoms with van der Waals surface area (Å²) in [6.07, 6.45) is 1.60. The number of ketones is 1. The van der Waals surface area contributed by atoms with Gasteiger partial charge in [0, 0.05) is 28.1 Å². The molecule has 1 amide bonds. The second kappa shape index (κ2) is 7.94. The molecule has 0 bridgehead atoms. The Hall–Kier alpha value is -3.99. The molecule has 0 radical (unpaired) electrons. The Bertz CT molecular complexity index is 1190. The third kappa shape index (κ3) is 3.99. The van der Waals surface area contributed by atoms with Crippen LogP contribution in [0.2, 0.25) is 0 Å². The molecular weight excluding hydrogens is 364 g/mol. The second-order valence-electron chi connectivity index (χ2n) is 6.51. The SMILES string of the molecule is COc1ccc2cc(NC(=O)c3ccc(C(=O)c4ccccc4)cc3)cnc2c1. The summed E-state index contributed by atoms with van der Waals surface area (Å²) in [5.74, 6) is 0.386. The Balaban J connectivity index is 1.50. The minimum atomic E-state index is -0.265. The van der Waals surface area contributed by atoms with Gasteiger partial charge in [0.2, 0.25) is 0 Å². The molecule has 4 rings (SSSR count). The van der Waals surface area contributed by atoms with Crippen LogP contribution < -0.4 is 10.1 Å². The maximum Gasteiger partial charge on any atom is 0.255 e. The van der Waals surface area contributed by atoms with E-state index < -0.39 is 0 Å². The minimum absolute atomic E-state index is 0.0771. The van der Waals surface area contributed by atoms with E-state index in [0.717, 1.165) is 16.7 Å². The molecule has 1 N–H and O–H groups in total. The topological polar surface area (TPSA) is 68.3 Å². The second-order valence-corrected chi connectivity index (χ2v) is 6.51. The maximum atomic E-state index is 12.6. The fourth-order valence-electron chi connectivity index (χ4n) is 3.03. The summed E-state index contributed by atoms with van der Waals surface area (Å²) in [6.45, 7) is 0. The number of hydrogen-bond acceptors (Lipinski definition) is 4. The molecule has 3 aromatic carbocycles. The van der Waals surface area contributed by atoms with Crippen molar-refractivity contribution in [2.45, 2.75) is 0 Å². The van der Waals surface area contributed by atoms with Gasteiger partial charge in [-0.1, -0.05) is 42.5 Å².